The highest BCUT2D eigenvalue weighted by molar-refractivity contribution is 5.94. The number of nitrogens with zero attached hydrogens (tertiary/aromatic N) is 1. The lowest BCUT2D eigenvalue weighted by Crippen LogP contribution is -2.09. The van der Waals surface area contributed by atoms with Crippen LogP contribution in [0.25, 0.3) is 6.08 Å². The molecular formula is C26H31NO7. The number of carboxylic acid groups (broad SMARTS) is 2. The maximum atomic E-state index is 12.3. The average Bonchev–Trinajstić information content (AvgIpc) is 2.82. The topological polar surface area (TPSA) is 123 Å². The van der Waals surface area contributed by atoms with Gasteiger partial charge in [0.05, 0.1) is 25.8 Å². The molecule has 0 aliphatic rings. The van der Waals surface area contributed by atoms with Crippen molar-refractivity contribution in [3.05, 3.63) is 59.4 Å². The molecule has 182 valence electrons. The number of benzene rings is 1. The highest BCUT2D eigenvalue weighted by Gasteiger charge is 2.14. The first-order valence-corrected chi connectivity index (χ1v) is 11.3. The van der Waals surface area contributed by atoms with Crippen molar-refractivity contribution in [3.8, 4) is 11.5 Å². The van der Waals surface area contributed by atoms with Gasteiger partial charge in [0.25, 0.3) is 0 Å². The summed E-state index contributed by atoms with van der Waals surface area (Å²) >= 11 is 0. The number of unbranched alkanes of at least 4 members (excludes halogenated alkanes) is 2. The molecule has 0 fully saturated rings. The van der Waals surface area contributed by atoms with Gasteiger partial charge in [0, 0.05) is 19.3 Å². The Morgan fingerprint density at radius 1 is 0.912 bits per heavy atom. The summed E-state index contributed by atoms with van der Waals surface area (Å²) in [6, 6.07) is 11.0. The first-order valence-electron chi connectivity index (χ1n) is 11.3. The summed E-state index contributed by atoms with van der Waals surface area (Å²) in [5.74, 6) is -0.898. The number of hydrogen-bond acceptors (Lipinski definition) is 6. The van der Waals surface area contributed by atoms with Crippen LogP contribution in [0.15, 0.2) is 42.5 Å². The van der Waals surface area contributed by atoms with E-state index >= 15 is 0 Å². The number of aliphatic carboxylic acids is 2. The van der Waals surface area contributed by atoms with Gasteiger partial charge in [-0.1, -0.05) is 24.3 Å². The molecule has 2 rings (SSSR count). The summed E-state index contributed by atoms with van der Waals surface area (Å²) in [6.45, 7) is 0.448. The number of carbonyl (C=O) groups is 3. The lowest BCUT2D eigenvalue weighted by Gasteiger charge is -2.12. The lowest BCUT2D eigenvalue weighted by atomic mass is 10.1. The van der Waals surface area contributed by atoms with E-state index in [0.717, 1.165) is 30.6 Å². The van der Waals surface area contributed by atoms with E-state index in [-0.39, 0.29) is 43.6 Å². The Bertz CT molecular complexity index is 983. The third-order valence-electron chi connectivity index (χ3n) is 5.04. The second-order valence-corrected chi connectivity index (χ2v) is 7.73. The van der Waals surface area contributed by atoms with Gasteiger partial charge in [0.1, 0.15) is 17.2 Å². The molecule has 1 heterocycles. The fraction of sp³-hybridized carbons (Fsp3) is 0.385. The fourth-order valence-electron chi connectivity index (χ4n) is 3.19. The van der Waals surface area contributed by atoms with Crippen LogP contribution in [0.1, 0.15) is 66.7 Å². The Balaban J connectivity index is 1.84. The van der Waals surface area contributed by atoms with E-state index in [1.807, 2.05) is 24.3 Å². The van der Waals surface area contributed by atoms with Crippen LogP contribution in [0.4, 0.5) is 0 Å². The van der Waals surface area contributed by atoms with Crippen LogP contribution >= 0.6 is 0 Å². The molecule has 0 aliphatic heterocycles. The summed E-state index contributed by atoms with van der Waals surface area (Å²) in [5, 5.41) is 17.7. The zero-order valence-electron chi connectivity index (χ0n) is 19.4. The second kappa shape index (κ2) is 14.5. The van der Waals surface area contributed by atoms with Crippen LogP contribution in [0.5, 0.6) is 11.5 Å². The van der Waals surface area contributed by atoms with Gasteiger partial charge in [0.2, 0.25) is 0 Å². The van der Waals surface area contributed by atoms with Gasteiger partial charge in [-0.3, -0.25) is 14.4 Å². The smallest absolute Gasteiger partial charge is 0.303 e. The summed E-state index contributed by atoms with van der Waals surface area (Å²) in [4.78, 5) is 38.2. The van der Waals surface area contributed by atoms with Gasteiger partial charge < -0.3 is 19.7 Å². The van der Waals surface area contributed by atoms with Crippen LogP contribution in [0.2, 0.25) is 0 Å². The number of carbonyl (C=O) groups excluding carboxylic acids is 1. The molecule has 0 saturated heterocycles. The van der Waals surface area contributed by atoms with Gasteiger partial charge in [-0.05, 0) is 55.5 Å². The Kier molecular flexibility index (Phi) is 11.3. The number of allylic oxidation sites excluding steroid dienone is 1. The van der Waals surface area contributed by atoms with Crippen molar-refractivity contribution in [2.24, 2.45) is 0 Å². The number of aromatic nitrogens is 1. The van der Waals surface area contributed by atoms with Crippen molar-refractivity contribution in [2.45, 2.75) is 51.4 Å². The van der Waals surface area contributed by atoms with E-state index in [0.29, 0.717) is 18.1 Å². The molecule has 34 heavy (non-hydrogen) atoms. The molecule has 8 nitrogen and oxygen atoms in total. The van der Waals surface area contributed by atoms with E-state index in [4.69, 9.17) is 19.7 Å². The first-order chi connectivity index (χ1) is 16.4. The van der Waals surface area contributed by atoms with Gasteiger partial charge in [-0.15, -0.1) is 0 Å². The molecule has 0 amide bonds. The minimum absolute atomic E-state index is 0.0713. The molecule has 0 unspecified atom stereocenters. The molecular weight excluding hydrogens is 438 g/mol. The molecule has 8 heteroatoms. The average molecular weight is 470 g/mol. The quantitative estimate of drug-likeness (QED) is 0.265. The minimum atomic E-state index is -0.963. The molecule has 0 aliphatic carbocycles. The zero-order valence-corrected chi connectivity index (χ0v) is 19.4. The number of hydrogen-bond donors (Lipinski definition) is 2. The van der Waals surface area contributed by atoms with E-state index in [9.17, 15) is 14.4 Å². The van der Waals surface area contributed by atoms with Crippen molar-refractivity contribution in [1.82, 2.24) is 4.98 Å². The number of ketones is 1. The molecule has 1 aromatic heterocycles. The first kappa shape index (κ1) is 26.6. The number of Topliss-reactive ketones (excluding diaryl/α,β-unsaturated/α-hetero) is 1. The van der Waals surface area contributed by atoms with Crippen LogP contribution in [0, 0.1) is 0 Å². The van der Waals surface area contributed by atoms with Crippen LogP contribution in [-0.2, 0) is 16.0 Å². The van der Waals surface area contributed by atoms with Crippen molar-refractivity contribution >= 4 is 23.8 Å². The van der Waals surface area contributed by atoms with E-state index in [2.05, 4.69) is 17.1 Å². The number of pyridine rings is 1. The van der Waals surface area contributed by atoms with E-state index < -0.39 is 11.9 Å². The minimum Gasteiger partial charge on any atom is -0.497 e. The molecule has 0 bridgehead atoms. The maximum absolute atomic E-state index is 12.3. The third-order valence-corrected chi connectivity index (χ3v) is 5.04. The highest BCUT2D eigenvalue weighted by atomic mass is 16.5. The number of carboxylic acids is 2. The molecule has 0 saturated carbocycles. The SMILES string of the molecule is COc1ccc(/C=C/CCCCOc2ccc(C(=O)CCCC(=O)O)nc2CCC(=O)O)cc1. The molecule has 2 N–H and O–H groups in total. The van der Waals surface area contributed by atoms with Crippen molar-refractivity contribution < 1.29 is 34.1 Å². The highest BCUT2D eigenvalue weighted by Crippen LogP contribution is 2.21. The Labute approximate surface area is 199 Å². The number of rotatable bonds is 16. The summed E-state index contributed by atoms with van der Waals surface area (Å²) < 4.78 is 11.0. The predicted octanol–water partition coefficient (Wildman–Crippen LogP) is 4.81. The molecule has 0 radical (unpaired) electrons. The van der Waals surface area contributed by atoms with Gasteiger partial charge in [0.15, 0.2) is 5.78 Å². The van der Waals surface area contributed by atoms with E-state index in [1.165, 1.54) is 0 Å². The van der Waals surface area contributed by atoms with Gasteiger partial charge in [-0.25, -0.2) is 4.98 Å². The standard InChI is InChI=1S/C26H31NO7/c1-33-20-12-10-19(11-13-20)7-4-2-3-5-18-34-24-16-14-21(23(28)8-6-9-25(29)30)27-22(24)15-17-26(31)32/h4,7,10-14,16H,2-3,5-6,8-9,15,17-18H2,1H3,(H,29,30)(H,31,32)/b7-4+. The molecule has 0 spiro atoms. The second-order valence-electron chi connectivity index (χ2n) is 7.73. The summed E-state index contributed by atoms with van der Waals surface area (Å²) in [5.41, 5.74) is 1.72. The largest absolute Gasteiger partial charge is 0.497 e. The summed E-state index contributed by atoms with van der Waals surface area (Å²) in [6.07, 6.45) is 7.01. The predicted molar refractivity (Wildman–Crippen MR) is 127 cm³/mol. The molecule has 1 aromatic carbocycles. The Morgan fingerprint density at radius 2 is 1.65 bits per heavy atom. The zero-order chi connectivity index (χ0) is 24.8. The monoisotopic (exact) mass is 469 g/mol. The van der Waals surface area contributed by atoms with E-state index in [1.54, 1.807) is 19.2 Å². The third kappa shape index (κ3) is 9.85. The normalized spacial score (nSPS) is 10.9. The molecule has 0 atom stereocenters. The number of aryl methyl sites for hydroxylation is 1. The van der Waals surface area contributed by atoms with Crippen molar-refractivity contribution in [1.29, 1.82) is 0 Å². The van der Waals surface area contributed by atoms with Gasteiger partial charge in [-0.2, -0.15) is 0 Å². The fourth-order valence-corrected chi connectivity index (χ4v) is 3.19. The Hall–Kier alpha value is -3.68. The lowest BCUT2D eigenvalue weighted by molar-refractivity contribution is -0.138. The van der Waals surface area contributed by atoms with Crippen molar-refractivity contribution in [3.63, 3.8) is 0 Å². The van der Waals surface area contributed by atoms with Gasteiger partial charge >= 0.3 is 11.9 Å². The van der Waals surface area contributed by atoms with Crippen molar-refractivity contribution in [2.75, 3.05) is 13.7 Å². The van der Waals surface area contributed by atoms with Crippen LogP contribution in [-0.4, -0.2) is 46.6 Å². The Morgan fingerprint density at radius 3 is 2.32 bits per heavy atom. The number of ether oxygens (including phenoxy) is 2. The molecule has 2 aromatic rings. The number of methoxy groups -OCH3 is 1. The van der Waals surface area contributed by atoms with Crippen LogP contribution in [0.3, 0.4) is 0 Å². The van der Waals surface area contributed by atoms with Crippen LogP contribution < -0.4 is 9.47 Å². The summed E-state index contributed by atoms with van der Waals surface area (Å²) in [7, 11) is 1.64. The maximum Gasteiger partial charge on any atom is 0.303 e.